The summed E-state index contributed by atoms with van der Waals surface area (Å²) in [6.07, 6.45) is 7.24. The fourth-order valence-corrected chi connectivity index (χ4v) is 3.35. The zero-order valence-electron chi connectivity index (χ0n) is 11.6. The average Bonchev–Trinajstić information content (AvgIpc) is 2.42. The Labute approximate surface area is 115 Å². The lowest BCUT2D eigenvalue weighted by atomic mass is 9.72. The molecule has 0 heterocycles. The van der Waals surface area contributed by atoms with Crippen LogP contribution in [0.5, 0.6) is 0 Å². The van der Waals surface area contributed by atoms with Crippen molar-refractivity contribution in [1.82, 2.24) is 0 Å². The summed E-state index contributed by atoms with van der Waals surface area (Å²) in [6.45, 7) is 0. The van der Waals surface area contributed by atoms with Crippen molar-refractivity contribution in [2.75, 3.05) is 11.9 Å². The zero-order valence-corrected chi connectivity index (χ0v) is 11.6. The van der Waals surface area contributed by atoms with Crippen molar-refractivity contribution >= 4 is 11.5 Å². The lowest BCUT2D eigenvalue weighted by Crippen LogP contribution is -2.40. The van der Waals surface area contributed by atoms with Gasteiger partial charge in [0, 0.05) is 18.7 Å². The van der Waals surface area contributed by atoms with Gasteiger partial charge in [0.15, 0.2) is 5.78 Å². The molecule has 2 heteroatoms. The number of nitrogens with zero attached hydrogens (tertiary/aromatic N) is 1. The Balaban J connectivity index is 1.89. The van der Waals surface area contributed by atoms with Crippen molar-refractivity contribution in [2.24, 2.45) is 5.92 Å². The van der Waals surface area contributed by atoms with E-state index in [2.05, 4.69) is 17.0 Å². The summed E-state index contributed by atoms with van der Waals surface area (Å²) in [4.78, 5) is 14.5. The molecule has 0 radical (unpaired) electrons. The molecule has 0 bridgehead atoms. The molecule has 2 aliphatic carbocycles. The number of likely N-dealkylation sites (N-methyl/N-ethyl adjacent to an activating group) is 1. The number of anilines is 1. The van der Waals surface area contributed by atoms with Gasteiger partial charge in [-0.25, -0.2) is 0 Å². The van der Waals surface area contributed by atoms with Crippen LogP contribution in [0.3, 0.4) is 0 Å². The molecule has 0 amide bonds. The molecule has 1 fully saturated rings. The Bertz CT molecular complexity index is 503. The molecule has 100 valence electrons. The van der Waals surface area contributed by atoms with Gasteiger partial charge >= 0.3 is 0 Å². The van der Waals surface area contributed by atoms with Crippen molar-refractivity contribution in [3.8, 4) is 0 Å². The number of para-hydroxylation sites is 1. The van der Waals surface area contributed by atoms with Gasteiger partial charge in [0.2, 0.25) is 0 Å². The van der Waals surface area contributed by atoms with Crippen LogP contribution in [-0.4, -0.2) is 12.8 Å². The Kier molecular flexibility index (Phi) is 3.41. The molecule has 0 N–H and O–H groups in total. The van der Waals surface area contributed by atoms with Crippen LogP contribution in [-0.2, 0) is 4.79 Å². The van der Waals surface area contributed by atoms with E-state index >= 15 is 0 Å². The van der Waals surface area contributed by atoms with Gasteiger partial charge < -0.3 is 4.90 Å². The molecule has 19 heavy (non-hydrogen) atoms. The molecule has 1 aromatic carbocycles. The van der Waals surface area contributed by atoms with E-state index in [1.54, 1.807) is 0 Å². The predicted molar refractivity (Wildman–Crippen MR) is 78.1 cm³/mol. The van der Waals surface area contributed by atoms with Crippen LogP contribution >= 0.6 is 0 Å². The number of rotatable bonds is 2. The van der Waals surface area contributed by atoms with Crippen molar-refractivity contribution in [3.05, 3.63) is 41.6 Å². The highest BCUT2D eigenvalue weighted by atomic mass is 16.1. The standard InChI is InChI=1S/C17H21NO/c1-18(13-9-5-4-6-10-13)16-14-11-7-2-3-8-12-15(14)17(16)19/h4-6,9-10,15H,2-3,7-8,11-12H2,1H3. The number of benzene rings is 1. The van der Waals surface area contributed by atoms with E-state index in [9.17, 15) is 4.79 Å². The van der Waals surface area contributed by atoms with Gasteiger partial charge in [-0.05, 0) is 37.0 Å². The maximum atomic E-state index is 12.4. The molecule has 1 saturated carbocycles. The molecule has 0 saturated heterocycles. The zero-order chi connectivity index (χ0) is 13.2. The topological polar surface area (TPSA) is 20.3 Å². The highest BCUT2D eigenvalue weighted by Crippen LogP contribution is 2.42. The van der Waals surface area contributed by atoms with E-state index < -0.39 is 0 Å². The number of hydrogen-bond acceptors (Lipinski definition) is 2. The minimum Gasteiger partial charge on any atom is -0.342 e. The molecule has 2 nitrogen and oxygen atoms in total. The van der Waals surface area contributed by atoms with E-state index in [4.69, 9.17) is 0 Å². The minimum absolute atomic E-state index is 0.237. The summed E-state index contributed by atoms with van der Waals surface area (Å²) in [5, 5.41) is 0. The van der Waals surface area contributed by atoms with Crippen LogP contribution in [0.15, 0.2) is 41.6 Å². The SMILES string of the molecule is CN(C1=C2CCCCCCC2C1=O)c1ccccc1. The first kappa shape index (κ1) is 12.5. The monoisotopic (exact) mass is 255 g/mol. The fourth-order valence-electron chi connectivity index (χ4n) is 3.35. The van der Waals surface area contributed by atoms with Gasteiger partial charge in [-0.2, -0.15) is 0 Å². The van der Waals surface area contributed by atoms with Crippen LogP contribution in [0.2, 0.25) is 0 Å². The number of carbonyl (C=O) groups excluding carboxylic acids is 1. The van der Waals surface area contributed by atoms with E-state index in [1.165, 1.54) is 31.3 Å². The second kappa shape index (κ2) is 5.20. The largest absolute Gasteiger partial charge is 0.342 e. The number of carbonyl (C=O) groups is 1. The molecule has 1 aromatic rings. The lowest BCUT2D eigenvalue weighted by Gasteiger charge is -2.38. The number of allylic oxidation sites excluding steroid dienone is 2. The van der Waals surface area contributed by atoms with E-state index in [0.717, 1.165) is 24.2 Å². The van der Waals surface area contributed by atoms with Gasteiger partial charge in [-0.15, -0.1) is 0 Å². The van der Waals surface area contributed by atoms with Crippen LogP contribution in [0, 0.1) is 5.92 Å². The third-order valence-corrected chi connectivity index (χ3v) is 4.44. The minimum atomic E-state index is 0.237. The Morgan fingerprint density at radius 3 is 2.58 bits per heavy atom. The molecule has 1 atom stereocenters. The Hall–Kier alpha value is -1.57. The Morgan fingerprint density at radius 2 is 1.79 bits per heavy atom. The molecule has 2 aliphatic rings. The number of ketones is 1. The molecule has 0 aliphatic heterocycles. The second-order valence-corrected chi connectivity index (χ2v) is 5.64. The van der Waals surface area contributed by atoms with Gasteiger partial charge in [0.05, 0.1) is 5.70 Å². The van der Waals surface area contributed by atoms with Gasteiger partial charge in [-0.3, -0.25) is 4.79 Å². The van der Waals surface area contributed by atoms with E-state index in [1.807, 2.05) is 25.2 Å². The van der Waals surface area contributed by atoms with Crippen LogP contribution in [0.4, 0.5) is 5.69 Å². The third-order valence-electron chi connectivity index (χ3n) is 4.44. The summed E-state index contributed by atoms with van der Waals surface area (Å²) in [6, 6.07) is 10.2. The molecular weight excluding hydrogens is 234 g/mol. The number of Topliss-reactive ketones (excluding diaryl/α,β-unsaturated/α-hetero) is 1. The maximum Gasteiger partial charge on any atom is 0.186 e. The summed E-state index contributed by atoms with van der Waals surface area (Å²) in [5.41, 5.74) is 3.49. The normalized spacial score (nSPS) is 23.2. The van der Waals surface area contributed by atoms with Gasteiger partial charge in [-0.1, -0.05) is 37.5 Å². The number of fused-ring (bicyclic) bond motifs is 1. The highest BCUT2D eigenvalue weighted by Gasteiger charge is 2.40. The van der Waals surface area contributed by atoms with Crippen molar-refractivity contribution in [2.45, 2.75) is 38.5 Å². The first-order valence-corrected chi connectivity index (χ1v) is 7.35. The molecule has 1 unspecified atom stereocenters. The van der Waals surface area contributed by atoms with E-state index in [0.29, 0.717) is 5.78 Å². The molecule has 0 spiro atoms. The summed E-state index contributed by atoms with van der Waals surface area (Å²) >= 11 is 0. The fraction of sp³-hybridized carbons (Fsp3) is 0.471. The molecule has 0 aromatic heterocycles. The number of hydrogen-bond donors (Lipinski definition) is 0. The highest BCUT2D eigenvalue weighted by molar-refractivity contribution is 6.09. The van der Waals surface area contributed by atoms with Gasteiger partial charge in [0.25, 0.3) is 0 Å². The first-order chi connectivity index (χ1) is 9.29. The van der Waals surface area contributed by atoms with Gasteiger partial charge in [0.1, 0.15) is 0 Å². The van der Waals surface area contributed by atoms with Crippen LogP contribution in [0.25, 0.3) is 0 Å². The van der Waals surface area contributed by atoms with Crippen molar-refractivity contribution in [1.29, 1.82) is 0 Å². The first-order valence-electron chi connectivity index (χ1n) is 7.35. The van der Waals surface area contributed by atoms with Crippen LogP contribution < -0.4 is 4.90 Å². The quantitative estimate of drug-likeness (QED) is 0.798. The second-order valence-electron chi connectivity index (χ2n) is 5.64. The third kappa shape index (κ3) is 2.20. The van der Waals surface area contributed by atoms with Crippen molar-refractivity contribution < 1.29 is 4.79 Å². The smallest absolute Gasteiger partial charge is 0.186 e. The predicted octanol–water partition coefficient (Wildman–Crippen LogP) is 3.93. The van der Waals surface area contributed by atoms with Crippen molar-refractivity contribution in [3.63, 3.8) is 0 Å². The summed E-state index contributed by atoms with van der Waals surface area (Å²) in [5.74, 6) is 0.602. The molecular formula is C17H21NO. The summed E-state index contributed by atoms with van der Waals surface area (Å²) < 4.78 is 0. The van der Waals surface area contributed by atoms with Crippen LogP contribution in [0.1, 0.15) is 38.5 Å². The van der Waals surface area contributed by atoms with E-state index in [-0.39, 0.29) is 5.92 Å². The maximum absolute atomic E-state index is 12.4. The average molecular weight is 255 g/mol. The molecule has 3 rings (SSSR count). The Morgan fingerprint density at radius 1 is 1.05 bits per heavy atom. The summed E-state index contributed by atoms with van der Waals surface area (Å²) in [7, 11) is 2.02. The lowest BCUT2D eigenvalue weighted by molar-refractivity contribution is -0.120.